The van der Waals surface area contributed by atoms with E-state index in [1.165, 1.54) is 0 Å². The summed E-state index contributed by atoms with van der Waals surface area (Å²) in [5.41, 5.74) is 3.90. The van der Waals surface area contributed by atoms with E-state index >= 15 is 0 Å². The number of carbonyl (C=O) groups is 1. The summed E-state index contributed by atoms with van der Waals surface area (Å²) in [5.74, 6) is 1.68. The van der Waals surface area contributed by atoms with E-state index in [0.29, 0.717) is 18.8 Å². The van der Waals surface area contributed by atoms with Crippen LogP contribution >= 0.6 is 0 Å². The van der Waals surface area contributed by atoms with Gasteiger partial charge in [-0.2, -0.15) is 5.10 Å². The third-order valence-corrected chi connectivity index (χ3v) is 6.55. The zero-order valence-corrected chi connectivity index (χ0v) is 20.7. The summed E-state index contributed by atoms with van der Waals surface area (Å²) < 4.78 is 7.85. The van der Waals surface area contributed by atoms with Crippen LogP contribution in [0.25, 0.3) is 22.4 Å². The van der Waals surface area contributed by atoms with Crippen molar-refractivity contribution in [2.75, 3.05) is 25.1 Å². The van der Waals surface area contributed by atoms with Crippen molar-refractivity contribution in [3.63, 3.8) is 0 Å². The molecule has 1 saturated heterocycles. The Labute approximate surface area is 200 Å². The quantitative estimate of drug-likeness (QED) is 0.532. The fraction of sp³-hybridized carbons (Fsp3) is 0.577. The fourth-order valence-electron chi connectivity index (χ4n) is 5.04. The third-order valence-electron chi connectivity index (χ3n) is 6.55. The van der Waals surface area contributed by atoms with E-state index in [0.717, 1.165) is 78.8 Å². The van der Waals surface area contributed by atoms with Crippen LogP contribution < -0.4 is 4.90 Å². The molecule has 0 aromatic carbocycles. The molecule has 0 bridgehead atoms. The molecule has 1 aliphatic heterocycles. The molecule has 1 unspecified atom stereocenters. The highest BCUT2D eigenvalue weighted by Crippen LogP contribution is 2.32. The minimum absolute atomic E-state index is 0.0247. The Morgan fingerprint density at radius 2 is 2.03 bits per heavy atom. The summed E-state index contributed by atoms with van der Waals surface area (Å²) in [6.45, 7) is 7.40. The molecule has 2 aliphatic rings. The lowest BCUT2D eigenvalue weighted by Gasteiger charge is -2.23. The van der Waals surface area contributed by atoms with Crippen LogP contribution in [-0.4, -0.2) is 50.7 Å². The van der Waals surface area contributed by atoms with E-state index in [1.54, 1.807) is 0 Å². The molecule has 5 rings (SSSR count). The second-order valence-electron chi connectivity index (χ2n) is 10.8. The summed E-state index contributed by atoms with van der Waals surface area (Å²) in [5, 5.41) is 5.58. The Morgan fingerprint density at radius 1 is 1.18 bits per heavy atom. The molecular weight excluding hydrogens is 428 g/mol. The summed E-state index contributed by atoms with van der Waals surface area (Å²) in [7, 11) is 1.95. The first kappa shape index (κ1) is 22.9. The van der Waals surface area contributed by atoms with Crippen molar-refractivity contribution in [1.29, 1.82) is 0 Å². The van der Waals surface area contributed by atoms with Gasteiger partial charge in [-0.3, -0.25) is 9.78 Å². The molecular formula is C26H34N6O2. The van der Waals surface area contributed by atoms with E-state index in [-0.39, 0.29) is 17.4 Å². The minimum Gasteiger partial charge on any atom is -0.356 e. The van der Waals surface area contributed by atoms with Gasteiger partial charge in [0.05, 0.1) is 24.5 Å². The fourth-order valence-corrected chi connectivity index (χ4v) is 5.04. The zero-order valence-electron chi connectivity index (χ0n) is 20.7. The molecule has 34 heavy (non-hydrogen) atoms. The highest BCUT2D eigenvalue weighted by molar-refractivity contribution is 5.84. The molecule has 3 aromatic rings. The van der Waals surface area contributed by atoms with Gasteiger partial charge in [-0.05, 0) is 50.0 Å². The number of likely N-dealkylation sites (N-methyl/N-ethyl adjacent to an activating group) is 1. The Bertz CT molecular complexity index is 1210. The van der Waals surface area contributed by atoms with Crippen molar-refractivity contribution in [3.8, 4) is 11.5 Å². The lowest BCUT2D eigenvalue weighted by atomic mass is 9.90. The van der Waals surface area contributed by atoms with Gasteiger partial charge in [0.2, 0.25) is 0 Å². The molecule has 1 fully saturated rings. The zero-order chi connectivity index (χ0) is 23.9. The van der Waals surface area contributed by atoms with E-state index in [9.17, 15) is 4.79 Å². The number of carbonyl (C=O) groups excluding carboxylic acids is 1. The van der Waals surface area contributed by atoms with Crippen LogP contribution in [0.1, 0.15) is 70.4 Å². The van der Waals surface area contributed by atoms with Crippen molar-refractivity contribution in [2.45, 2.75) is 71.9 Å². The number of pyridine rings is 1. The first-order valence-corrected chi connectivity index (χ1v) is 12.4. The highest BCUT2D eigenvalue weighted by Gasteiger charge is 2.25. The molecule has 1 atom stereocenters. The maximum atomic E-state index is 12.7. The van der Waals surface area contributed by atoms with Gasteiger partial charge in [0.1, 0.15) is 11.5 Å². The lowest BCUT2D eigenvalue weighted by molar-refractivity contribution is -0.119. The summed E-state index contributed by atoms with van der Waals surface area (Å²) in [6.07, 6.45) is 10.4. The van der Waals surface area contributed by atoms with Gasteiger partial charge in [-0.25, -0.2) is 14.6 Å². The average Bonchev–Trinajstić information content (AvgIpc) is 3.44. The maximum Gasteiger partial charge on any atom is 0.180 e. The van der Waals surface area contributed by atoms with Gasteiger partial charge in [0, 0.05) is 36.7 Å². The predicted octanol–water partition coefficient (Wildman–Crippen LogP) is 4.52. The summed E-state index contributed by atoms with van der Waals surface area (Å²) in [4.78, 5) is 29.1. The number of nitrogens with zero attached hydrogens (tertiary/aromatic N) is 6. The van der Waals surface area contributed by atoms with Crippen molar-refractivity contribution in [1.82, 2.24) is 24.7 Å². The summed E-state index contributed by atoms with van der Waals surface area (Å²) in [6, 6.07) is 2.01. The van der Waals surface area contributed by atoms with Gasteiger partial charge < -0.3 is 9.64 Å². The van der Waals surface area contributed by atoms with Crippen LogP contribution in [0, 0.1) is 5.41 Å². The van der Waals surface area contributed by atoms with Gasteiger partial charge in [0.25, 0.3) is 0 Å². The van der Waals surface area contributed by atoms with Gasteiger partial charge in [-0.1, -0.05) is 20.8 Å². The molecule has 0 saturated carbocycles. The molecule has 0 radical (unpaired) electrons. The first-order chi connectivity index (χ1) is 16.3. The molecule has 3 aromatic heterocycles. The number of rotatable bonds is 6. The molecule has 0 amide bonds. The maximum absolute atomic E-state index is 12.7. The van der Waals surface area contributed by atoms with Crippen molar-refractivity contribution < 1.29 is 9.53 Å². The highest BCUT2D eigenvalue weighted by atomic mass is 16.5. The monoisotopic (exact) mass is 462 g/mol. The number of aryl methyl sites for hydroxylation is 1. The molecule has 1 aliphatic carbocycles. The normalized spacial score (nSPS) is 18.3. The smallest absolute Gasteiger partial charge is 0.180 e. The Kier molecular flexibility index (Phi) is 6.10. The first-order valence-electron chi connectivity index (χ1n) is 12.4. The van der Waals surface area contributed by atoms with Gasteiger partial charge in [-0.15, -0.1) is 0 Å². The standard InChI is InChI=1S/C26H34N6O2/c1-26(2,3)13-18(33)16-31(4)25-19-8-7-9-20(19)29-24(30-25)21-12-17-14-28-32(22(17)15-27-21)23-10-5-6-11-34-23/h12,14-15,23H,5-11,13,16H2,1-4H3. The number of fused-ring (bicyclic) bond motifs is 2. The number of hydrogen-bond acceptors (Lipinski definition) is 7. The number of ketones is 1. The molecule has 0 N–H and O–H groups in total. The topological polar surface area (TPSA) is 86.0 Å². The second kappa shape index (κ2) is 9.06. The van der Waals surface area contributed by atoms with Gasteiger partial charge in [0.15, 0.2) is 17.8 Å². The van der Waals surface area contributed by atoms with Gasteiger partial charge >= 0.3 is 0 Å². The Hall–Kier alpha value is -2.87. The molecule has 180 valence electrons. The van der Waals surface area contributed by atoms with Crippen LogP contribution in [0.2, 0.25) is 0 Å². The number of anilines is 1. The van der Waals surface area contributed by atoms with Crippen molar-refractivity contribution >= 4 is 22.5 Å². The predicted molar refractivity (Wildman–Crippen MR) is 132 cm³/mol. The van der Waals surface area contributed by atoms with E-state index in [4.69, 9.17) is 19.7 Å². The van der Waals surface area contributed by atoms with Crippen molar-refractivity contribution in [2.24, 2.45) is 5.41 Å². The number of aromatic nitrogens is 5. The Morgan fingerprint density at radius 3 is 2.79 bits per heavy atom. The number of hydrogen-bond donors (Lipinski definition) is 0. The van der Waals surface area contributed by atoms with Crippen molar-refractivity contribution in [3.05, 3.63) is 29.7 Å². The van der Waals surface area contributed by atoms with E-state index < -0.39 is 0 Å². The molecule has 8 nitrogen and oxygen atoms in total. The van der Waals surface area contributed by atoms with Crippen LogP contribution in [0.5, 0.6) is 0 Å². The van der Waals surface area contributed by atoms with Crippen LogP contribution in [0.15, 0.2) is 18.5 Å². The molecule has 4 heterocycles. The van der Waals surface area contributed by atoms with Crippen LogP contribution in [0.4, 0.5) is 5.82 Å². The third kappa shape index (κ3) is 4.69. The number of ether oxygens (including phenoxy) is 1. The molecule has 8 heteroatoms. The SMILES string of the molecule is CN(CC(=O)CC(C)(C)C)c1nc(-c2cc3cnn(C4CCCCO4)c3cn2)nc2c1CCC2. The van der Waals surface area contributed by atoms with E-state index in [1.807, 2.05) is 35.1 Å². The minimum atomic E-state index is -0.0268. The lowest BCUT2D eigenvalue weighted by Crippen LogP contribution is -2.30. The Balaban J connectivity index is 1.45. The summed E-state index contributed by atoms with van der Waals surface area (Å²) >= 11 is 0. The second-order valence-corrected chi connectivity index (χ2v) is 10.8. The van der Waals surface area contributed by atoms with Crippen LogP contribution in [0.3, 0.4) is 0 Å². The largest absolute Gasteiger partial charge is 0.356 e. The molecule has 0 spiro atoms. The average molecular weight is 463 g/mol. The van der Waals surface area contributed by atoms with Crippen LogP contribution in [-0.2, 0) is 22.4 Å². The number of Topliss-reactive ketones (excluding diaryl/α,β-unsaturated/α-hetero) is 1. The van der Waals surface area contributed by atoms with E-state index in [2.05, 4.69) is 25.9 Å².